The van der Waals surface area contributed by atoms with E-state index in [2.05, 4.69) is 16.4 Å². The van der Waals surface area contributed by atoms with E-state index in [1.807, 2.05) is 33.8 Å². The van der Waals surface area contributed by atoms with Crippen LogP contribution in [-0.2, 0) is 9.53 Å². The van der Waals surface area contributed by atoms with Crippen LogP contribution in [0.15, 0.2) is 41.0 Å². The van der Waals surface area contributed by atoms with Crippen LogP contribution in [0.3, 0.4) is 0 Å². The smallest absolute Gasteiger partial charge is 0.247 e. The van der Waals surface area contributed by atoms with Gasteiger partial charge in [0.15, 0.2) is 0 Å². The van der Waals surface area contributed by atoms with Crippen molar-refractivity contribution in [1.29, 1.82) is 5.26 Å². The summed E-state index contributed by atoms with van der Waals surface area (Å²) in [7, 11) is 1.56. The molecule has 29 heavy (non-hydrogen) atoms. The van der Waals surface area contributed by atoms with Gasteiger partial charge in [0, 0.05) is 23.0 Å². The molecule has 3 N–H and O–H groups in total. The molecule has 3 atom stereocenters. The molecule has 3 rings (SSSR count). The number of carbonyl (C=O) groups excluding carboxylic acids is 1. The zero-order valence-corrected chi connectivity index (χ0v) is 17.4. The van der Waals surface area contributed by atoms with Gasteiger partial charge < -0.3 is 20.5 Å². The van der Waals surface area contributed by atoms with Gasteiger partial charge in [0.1, 0.15) is 5.76 Å². The molecule has 2 heterocycles. The zero-order valence-electron chi connectivity index (χ0n) is 17.4. The van der Waals surface area contributed by atoms with E-state index in [9.17, 15) is 10.1 Å². The van der Waals surface area contributed by atoms with Crippen molar-refractivity contribution in [2.24, 2.45) is 17.6 Å². The summed E-state index contributed by atoms with van der Waals surface area (Å²) in [5.74, 6) is -0.382. The molecular formula is C22H26N4O3. The molecule has 1 aromatic heterocycles. The van der Waals surface area contributed by atoms with Gasteiger partial charge in [-0.25, -0.2) is 4.98 Å². The summed E-state index contributed by atoms with van der Waals surface area (Å²) < 4.78 is 11.4. The van der Waals surface area contributed by atoms with Crippen LogP contribution in [0.5, 0.6) is 5.88 Å². The monoisotopic (exact) mass is 394 g/mol. The maximum atomic E-state index is 12.5. The van der Waals surface area contributed by atoms with Crippen molar-refractivity contribution >= 4 is 11.6 Å². The fourth-order valence-electron chi connectivity index (χ4n) is 4.01. The van der Waals surface area contributed by atoms with E-state index in [4.69, 9.17) is 15.2 Å². The predicted octanol–water partition coefficient (Wildman–Crippen LogP) is 3.30. The number of allylic oxidation sites excluding steroid dienone is 4. The highest BCUT2D eigenvalue weighted by atomic mass is 16.5. The SMILES string of the molecule is CCOc1ncc(C)c2c1[C@H](C1=CC(C)C(C#N)C=C1OC)C(C(N)=O)=C(C)N2. The Morgan fingerprint density at radius 2 is 2.10 bits per heavy atom. The number of nitrogens with zero attached hydrogens (tertiary/aromatic N) is 2. The number of methoxy groups -OCH3 is 1. The number of fused-ring (bicyclic) bond motifs is 1. The maximum Gasteiger partial charge on any atom is 0.247 e. The summed E-state index contributed by atoms with van der Waals surface area (Å²) in [6, 6.07) is 2.29. The number of anilines is 1. The lowest BCUT2D eigenvalue weighted by Gasteiger charge is -2.35. The minimum Gasteiger partial charge on any atom is -0.497 e. The van der Waals surface area contributed by atoms with Crippen molar-refractivity contribution in [3.05, 3.63) is 52.1 Å². The highest BCUT2D eigenvalue weighted by Crippen LogP contribution is 2.50. The first-order chi connectivity index (χ1) is 13.8. The number of amides is 1. The van der Waals surface area contributed by atoms with Crippen LogP contribution in [0.4, 0.5) is 5.69 Å². The van der Waals surface area contributed by atoms with Gasteiger partial charge >= 0.3 is 0 Å². The maximum absolute atomic E-state index is 12.5. The molecule has 1 aliphatic heterocycles. The first kappa shape index (κ1) is 20.5. The Hall–Kier alpha value is -3.27. The standard InChI is InChI=1S/C22H26N4O3/c1-6-29-22-19-18(15-7-11(2)14(9-23)8-16(15)28-5)17(21(24)27)13(4)26-20(19)12(3)10-25-22/h7-8,10-11,14,18,26H,6H2,1-5H3,(H2,24,27)/t11?,14?,18-/m1/s1. The number of nitrogens with two attached hydrogens (primary N) is 1. The molecule has 7 nitrogen and oxygen atoms in total. The van der Waals surface area contributed by atoms with Gasteiger partial charge in [0.05, 0.1) is 42.9 Å². The second kappa shape index (κ2) is 8.00. The van der Waals surface area contributed by atoms with Crippen LogP contribution < -0.4 is 15.8 Å². The van der Waals surface area contributed by atoms with Crippen molar-refractivity contribution in [1.82, 2.24) is 4.98 Å². The summed E-state index contributed by atoms with van der Waals surface area (Å²) in [5, 5.41) is 12.8. The summed E-state index contributed by atoms with van der Waals surface area (Å²) in [4.78, 5) is 17.0. The lowest BCUT2D eigenvalue weighted by atomic mass is 9.74. The van der Waals surface area contributed by atoms with Crippen LogP contribution in [-0.4, -0.2) is 24.6 Å². The van der Waals surface area contributed by atoms with E-state index in [1.165, 1.54) is 0 Å². The Morgan fingerprint density at radius 3 is 2.69 bits per heavy atom. The van der Waals surface area contributed by atoms with Gasteiger partial charge in [0.25, 0.3) is 0 Å². The number of nitriles is 1. The summed E-state index contributed by atoms with van der Waals surface area (Å²) >= 11 is 0. The van der Waals surface area contributed by atoms with E-state index < -0.39 is 11.8 Å². The molecule has 0 bridgehead atoms. The Kier molecular flexibility index (Phi) is 5.64. The van der Waals surface area contributed by atoms with Crippen molar-refractivity contribution in [3.63, 3.8) is 0 Å². The molecule has 152 valence electrons. The molecule has 1 aromatic rings. The molecule has 2 unspecified atom stereocenters. The third kappa shape index (κ3) is 3.46. The molecule has 1 amide bonds. The number of hydrogen-bond acceptors (Lipinski definition) is 6. The van der Waals surface area contributed by atoms with Crippen molar-refractivity contribution in [3.8, 4) is 11.9 Å². The van der Waals surface area contributed by atoms with Gasteiger partial charge in [-0.2, -0.15) is 5.26 Å². The number of aryl methyl sites for hydroxylation is 1. The number of pyridine rings is 1. The van der Waals surface area contributed by atoms with Crippen molar-refractivity contribution in [2.45, 2.75) is 33.6 Å². The van der Waals surface area contributed by atoms with Gasteiger partial charge in [0.2, 0.25) is 11.8 Å². The van der Waals surface area contributed by atoms with Crippen molar-refractivity contribution < 1.29 is 14.3 Å². The lowest BCUT2D eigenvalue weighted by Crippen LogP contribution is -2.30. The molecule has 0 fully saturated rings. The van der Waals surface area contributed by atoms with Crippen LogP contribution in [0.2, 0.25) is 0 Å². The fraction of sp³-hybridized carbons (Fsp3) is 0.409. The molecule has 0 radical (unpaired) electrons. The van der Waals surface area contributed by atoms with E-state index in [0.717, 1.165) is 22.4 Å². The number of aromatic nitrogens is 1. The predicted molar refractivity (Wildman–Crippen MR) is 110 cm³/mol. The van der Waals surface area contributed by atoms with Gasteiger partial charge in [-0.15, -0.1) is 0 Å². The van der Waals surface area contributed by atoms with Gasteiger partial charge in [-0.1, -0.05) is 13.0 Å². The molecule has 0 saturated heterocycles. The molecule has 0 aromatic carbocycles. The van der Waals surface area contributed by atoms with Crippen LogP contribution >= 0.6 is 0 Å². The van der Waals surface area contributed by atoms with Gasteiger partial charge in [-0.05, 0) is 38.3 Å². The topological polar surface area (TPSA) is 110 Å². The average molecular weight is 394 g/mol. The first-order valence-electron chi connectivity index (χ1n) is 9.61. The Balaban J connectivity index is 2.32. The molecular weight excluding hydrogens is 368 g/mol. The Morgan fingerprint density at radius 1 is 1.38 bits per heavy atom. The minimum atomic E-state index is -0.527. The number of rotatable bonds is 5. The summed E-state index contributed by atoms with van der Waals surface area (Å²) in [6.07, 6.45) is 5.53. The average Bonchev–Trinajstić information content (AvgIpc) is 2.69. The molecule has 2 aliphatic rings. The van der Waals surface area contributed by atoms with E-state index in [0.29, 0.717) is 29.5 Å². The third-order valence-corrected chi connectivity index (χ3v) is 5.41. The fourth-order valence-corrected chi connectivity index (χ4v) is 4.01. The van der Waals surface area contributed by atoms with E-state index in [1.54, 1.807) is 19.4 Å². The Bertz CT molecular complexity index is 985. The second-order valence-corrected chi connectivity index (χ2v) is 7.30. The van der Waals surface area contributed by atoms with Crippen molar-refractivity contribution in [2.75, 3.05) is 19.0 Å². The minimum absolute atomic E-state index is 0.0463. The molecule has 1 aliphatic carbocycles. The molecule has 0 spiro atoms. The zero-order chi connectivity index (χ0) is 21.3. The van der Waals surface area contributed by atoms with E-state index in [-0.39, 0.29) is 11.8 Å². The largest absolute Gasteiger partial charge is 0.497 e. The highest BCUT2D eigenvalue weighted by molar-refractivity contribution is 5.98. The summed E-state index contributed by atoms with van der Waals surface area (Å²) in [6.45, 7) is 8.07. The van der Waals surface area contributed by atoms with E-state index >= 15 is 0 Å². The number of hydrogen-bond donors (Lipinski definition) is 2. The second-order valence-electron chi connectivity index (χ2n) is 7.30. The van der Waals surface area contributed by atoms with Crippen LogP contribution in [0, 0.1) is 30.1 Å². The number of nitrogens with one attached hydrogen (secondary N) is 1. The number of carbonyl (C=O) groups is 1. The molecule has 0 saturated carbocycles. The van der Waals surface area contributed by atoms with Gasteiger partial charge in [-0.3, -0.25) is 4.79 Å². The van der Waals surface area contributed by atoms with Crippen LogP contribution in [0.25, 0.3) is 0 Å². The highest BCUT2D eigenvalue weighted by Gasteiger charge is 2.39. The lowest BCUT2D eigenvalue weighted by molar-refractivity contribution is -0.114. The third-order valence-electron chi connectivity index (χ3n) is 5.41. The number of primary amides is 1. The molecule has 7 heteroatoms. The summed E-state index contributed by atoms with van der Waals surface area (Å²) in [5.41, 5.74) is 10.2. The normalized spacial score (nSPS) is 23.2. The quantitative estimate of drug-likeness (QED) is 0.793. The number of ether oxygens (including phenoxy) is 2. The first-order valence-corrected chi connectivity index (χ1v) is 9.61. The Labute approximate surface area is 170 Å². The van der Waals surface area contributed by atoms with Crippen LogP contribution in [0.1, 0.15) is 37.8 Å².